The Labute approximate surface area is 119 Å². The molecule has 108 valence electrons. The van der Waals surface area contributed by atoms with Crippen LogP contribution in [0.25, 0.3) is 0 Å². The van der Waals surface area contributed by atoms with Gasteiger partial charge in [-0.2, -0.15) is 0 Å². The van der Waals surface area contributed by atoms with E-state index in [1.165, 1.54) is 0 Å². The van der Waals surface area contributed by atoms with Crippen LogP contribution in [-0.2, 0) is 11.3 Å². The average Bonchev–Trinajstić information content (AvgIpc) is 2.52. The Hall–Kier alpha value is -1.81. The van der Waals surface area contributed by atoms with Crippen LogP contribution in [0.3, 0.4) is 0 Å². The third-order valence-corrected chi connectivity index (χ3v) is 3.75. The van der Waals surface area contributed by atoms with Crippen molar-refractivity contribution in [3.05, 3.63) is 48.0 Å². The van der Waals surface area contributed by atoms with Crippen LogP contribution in [0, 0.1) is 5.92 Å². The van der Waals surface area contributed by atoms with Crippen molar-refractivity contribution in [3.8, 4) is 0 Å². The molecular formula is C16H21NO3. The molecule has 2 rings (SSSR count). The summed E-state index contributed by atoms with van der Waals surface area (Å²) in [4.78, 5) is 13.7. The molecule has 1 N–H and O–H groups in total. The van der Waals surface area contributed by atoms with Crippen LogP contribution in [0.1, 0.15) is 18.4 Å². The van der Waals surface area contributed by atoms with Gasteiger partial charge in [-0.15, -0.1) is 0 Å². The summed E-state index contributed by atoms with van der Waals surface area (Å²) in [5, 5.41) is 9.39. The minimum Gasteiger partial charge on any atom is -0.445 e. The van der Waals surface area contributed by atoms with E-state index in [1.54, 1.807) is 11.9 Å². The van der Waals surface area contributed by atoms with Gasteiger partial charge in [0.2, 0.25) is 0 Å². The Morgan fingerprint density at radius 2 is 2.00 bits per heavy atom. The molecule has 0 fully saturated rings. The SMILES string of the molecule is CN(C(=O)OCc1ccccc1)C1CC=CCC1CO. The van der Waals surface area contributed by atoms with Gasteiger partial charge in [-0.05, 0) is 18.4 Å². The van der Waals surface area contributed by atoms with Crippen LogP contribution >= 0.6 is 0 Å². The summed E-state index contributed by atoms with van der Waals surface area (Å²) in [6.07, 6.45) is 5.34. The number of carbonyl (C=O) groups is 1. The minimum atomic E-state index is -0.340. The highest BCUT2D eigenvalue weighted by Gasteiger charge is 2.29. The molecular weight excluding hydrogens is 254 g/mol. The molecule has 0 aromatic heterocycles. The van der Waals surface area contributed by atoms with Crippen molar-refractivity contribution in [2.45, 2.75) is 25.5 Å². The number of aliphatic hydroxyl groups excluding tert-OH is 1. The Bertz CT molecular complexity index is 458. The lowest BCUT2D eigenvalue weighted by Gasteiger charge is -2.34. The molecule has 2 atom stereocenters. The van der Waals surface area contributed by atoms with E-state index in [2.05, 4.69) is 12.2 Å². The van der Waals surface area contributed by atoms with Gasteiger partial charge in [0.25, 0.3) is 0 Å². The zero-order valence-electron chi connectivity index (χ0n) is 11.7. The molecule has 4 heteroatoms. The van der Waals surface area contributed by atoms with Crippen LogP contribution in [-0.4, -0.2) is 35.8 Å². The summed E-state index contributed by atoms with van der Waals surface area (Å²) >= 11 is 0. The highest BCUT2D eigenvalue weighted by atomic mass is 16.6. The number of aliphatic hydroxyl groups is 1. The maximum Gasteiger partial charge on any atom is 0.410 e. The predicted molar refractivity (Wildman–Crippen MR) is 77.1 cm³/mol. The van der Waals surface area contributed by atoms with E-state index in [9.17, 15) is 9.90 Å². The fourth-order valence-electron chi connectivity index (χ4n) is 2.48. The van der Waals surface area contributed by atoms with E-state index in [0.29, 0.717) is 0 Å². The monoisotopic (exact) mass is 275 g/mol. The molecule has 1 aromatic rings. The lowest BCUT2D eigenvalue weighted by atomic mass is 9.89. The van der Waals surface area contributed by atoms with Gasteiger partial charge in [-0.1, -0.05) is 42.5 Å². The normalized spacial score (nSPS) is 21.5. The fourth-order valence-corrected chi connectivity index (χ4v) is 2.48. The van der Waals surface area contributed by atoms with Crippen LogP contribution in [0.15, 0.2) is 42.5 Å². The van der Waals surface area contributed by atoms with Crippen molar-refractivity contribution in [2.24, 2.45) is 5.92 Å². The van der Waals surface area contributed by atoms with Crippen LogP contribution in [0.4, 0.5) is 4.79 Å². The Kier molecular flexibility index (Phi) is 5.18. The van der Waals surface area contributed by atoms with Gasteiger partial charge >= 0.3 is 6.09 Å². The van der Waals surface area contributed by atoms with E-state index in [0.717, 1.165) is 18.4 Å². The van der Waals surface area contributed by atoms with E-state index in [-0.39, 0.29) is 31.3 Å². The molecule has 2 unspecified atom stereocenters. The van der Waals surface area contributed by atoms with Crippen LogP contribution in [0.2, 0.25) is 0 Å². The maximum atomic E-state index is 12.1. The first-order valence-electron chi connectivity index (χ1n) is 6.91. The third kappa shape index (κ3) is 3.61. The molecule has 0 saturated carbocycles. The van der Waals surface area contributed by atoms with Crippen molar-refractivity contribution in [3.63, 3.8) is 0 Å². The molecule has 0 saturated heterocycles. The summed E-state index contributed by atoms with van der Waals surface area (Å²) in [6, 6.07) is 9.62. The number of ether oxygens (including phenoxy) is 1. The number of nitrogens with zero attached hydrogens (tertiary/aromatic N) is 1. The second-order valence-corrected chi connectivity index (χ2v) is 5.10. The van der Waals surface area contributed by atoms with E-state index in [1.807, 2.05) is 30.3 Å². The summed E-state index contributed by atoms with van der Waals surface area (Å²) in [5.41, 5.74) is 0.969. The molecule has 4 nitrogen and oxygen atoms in total. The number of rotatable bonds is 4. The van der Waals surface area contributed by atoms with Gasteiger partial charge < -0.3 is 14.7 Å². The molecule has 0 heterocycles. The quantitative estimate of drug-likeness (QED) is 0.859. The minimum absolute atomic E-state index is 0.00766. The summed E-state index contributed by atoms with van der Waals surface area (Å²) in [6.45, 7) is 0.363. The Balaban J connectivity index is 1.89. The van der Waals surface area contributed by atoms with Crippen molar-refractivity contribution >= 4 is 6.09 Å². The van der Waals surface area contributed by atoms with Crippen molar-refractivity contribution in [2.75, 3.05) is 13.7 Å². The lowest BCUT2D eigenvalue weighted by Crippen LogP contribution is -2.44. The van der Waals surface area contributed by atoms with E-state index in [4.69, 9.17) is 4.74 Å². The standard InChI is InChI=1S/C16H21NO3/c1-17(15-10-6-5-9-14(15)11-18)16(19)20-12-13-7-3-2-4-8-13/h2-8,14-15,18H,9-12H2,1H3. The van der Waals surface area contributed by atoms with Crippen LogP contribution in [0.5, 0.6) is 0 Å². The van der Waals surface area contributed by atoms with Crippen molar-refractivity contribution < 1.29 is 14.6 Å². The number of hydrogen-bond acceptors (Lipinski definition) is 3. The molecule has 0 bridgehead atoms. The number of amides is 1. The Morgan fingerprint density at radius 1 is 1.30 bits per heavy atom. The number of benzene rings is 1. The lowest BCUT2D eigenvalue weighted by molar-refractivity contribution is 0.0663. The van der Waals surface area contributed by atoms with Gasteiger partial charge in [0.1, 0.15) is 6.61 Å². The molecule has 1 aliphatic carbocycles. The largest absolute Gasteiger partial charge is 0.445 e. The summed E-state index contributed by atoms with van der Waals surface area (Å²) in [5.74, 6) is 0.0919. The van der Waals surface area contributed by atoms with Gasteiger partial charge in [-0.25, -0.2) is 4.79 Å². The fraction of sp³-hybridized carbons (Fsp3) is 0.438. The molecule has 1 aromatic carbocycles. The molecule has 0 aliphatic heterocycles. The number of allylic oxidation sites excluding steroid dienone is 1. The summed E-state index contributed by atoms with van der Waals surface area (Å²) < 4.78 is 5.32. The first-order valence-corrected chi connectivity index (χ1v) is 6.91. The molecule has 0 spiro atoms. The molecule has 20 heavy (non-hydrogen) atoms. The second-order valence-electron chi connectivity index (χ2n) is 5.10. The predicted octanol–water partition coefficient (Wildman–Crippen LogP) is 2.58. The highest BCUT2D eigenvalue weighted by Crippen LogP contribution is 2.23. The first-order chi connectivity index (χ1) is 9.72. The Morgan fingerprint density at radius 3 is 2.70 bits per heavy atom. The van der Waals surface area contributed by atoms with Gasteiger partial charge in [0, 0.05) is 25.6 Å². The van der Waals surface area contributed by atoms with E-state index >= 15 is 0 Å². The van der Waals surface area contributed by atoms with Crippen LogP contribution < -0.4 is 0 Å². The highest BCUT2D eigenvalue weighted by molar-refractivity contribution is 5.67. The summed E-state index contributed by atoms with van der Waals surface area (Å²) in [7, 11) is 1.74. The second kappa shape index (κ2) is 7.10. The first kappa shape index (κ1) is 14.6. The van der Waals surface area contributed by atoms with Gasteiger partial charge in [0.15, 0.2) is 0 Å². The average molecular weight is 275 g/mol. The van der Waals surface area contributed by atoms with Crippen molar-refractivity contribution in [1.82, 2.24) is 4.90 Å². The molecule has 0 radical (unpaired) electrons. The number of hydrogen-bond donors (Lipinski definition) is 1. The molecule has 1 amide bonds. The topological polar surface area (TPSA) is 49.8 Å². The third-order valence-electron chi connectivity index (χ3n) is 3.75. The van der Waals surface area contributed by atoms with Gasteiger partial charge in [-0.3, -0.25) is 0 Å². The van der Waals surface area contributed by atoms with E-state index < -0.39 is 0 Å². The smallest absolute Gasteiger partial charge is 0.410 e. The van der Waals surface area contributed by atoms with Gasteiger partial charge in [0.05, 0.1) is 0 Å². The number of carbonyl (C=O) groups excluding carboxylic acids is 1. The zero-order valence-corrected chi connectivity index (χ0v) is 11.7. The maximum absolute atomic E-state index is 12.1. The zero-order chi connectivity index (χ0) is 14.4. The van der Waals surface area contributed by atoms with Crippen molar-refractivity contribution in [1.29, 1.82) is 0 Å². The molecule has 1 aliphatic rings.